The monoisotopic (exact) mass is 382 g/mol. The molecule has 0 aliphatic carbocycles. The molecule has 0 unspecified atom stereocenters. The summed E-state index contributed by atoms with van der Waals surface area (Å²) in [4.78, 5) is 20.9. The summed E-state index contributed by atoms with van der Waals surface area (Å²) < 4.78 is 5.34. The number of nitrogens with two attached hydrogens (primary N) is 1. The van der Waals surface area contributed by atoms with Crippen molar-refractivity contribution < 1.29 is 9.53 Å². The number of carbonyl (C=O) groups excluding carboxylic acids is 1. The number of aromatic nitrogens is 1. The van der Waals surface area contributed by atoms with Crippen molar-refractivity contribution in [2.75, 3.05) is 45.1 Å². The van der Waals surface area contributed by atoms with Crippen LogP contribution in [0.5, 0.6) is 0 Å². The number of fused-ring (bicyclic) bond motifs is 1. The van der Waals surface area contributed by atoms with Crippen LogP contribution in [0.3, 0.4) is 0 Å². The highest BCUT2D eigenvalue weighted by molar-refractivity contribution is 7.21. The van der Waals surface area contributed by atoms with E-state index in [1.807, 2.05) is 42.5 Å². The lowest BCUT2D eigenvalue weighted by molar-refractivity contribution is 0.0383. The Labute approximate surface area is 162 Å². The third-order valence-electron chi connectivity index (χ3n) is 4.69. The van der Waals surface area contributed by atoms with Gasteiger partial charge in [0.05, 0.1) is 24.6 Å². The van der Waals surface area contributed by atoms with Crippen molar-refractivity contribution in [1.29, 1.82) is 0 Å². The number of anilines is 1. The molecule has 0 radical (unpaired) electrons. The summed E-state index contributed by atoms with van der Waals surface area (Å²) in [5, 5.41) is 3.81. The van der Waals surface area contributed by atoms with Crippen LogP contribution in [-0.2, 0) is 4.74 Å². The van der Waals surface area contributed by atoms with E-state index in [1.165, 1.54) is 11.3 Å². The molecule has 0 bridgehead atoms. The number of nitrogens with zero attached hydrogens (tertiary/aromatic N) is 2. The predicted octanol–water partition coefficient (Wildman–Crippen LogP) is 2.61. The Morgan fingerprint density at radius 3 is 2.74 bits per heavy atom. The number of thiophene rings is 1. The Kier molecular flexibility index (Phi) is 5.33. The molecule has 27 heavy (non-hydrogen) atoms. The molecule has 3 N–H and O–H groups in total. The van der Waals surface area contributed by atoms with Crippen molar-refractivity contribution in [1.82, 2.24) is 15.2 Å². The van der Waals surface area contributed by atoms with E-state index in [0.29, 0.717) is 17.1 Å². The first-order valence-corrected chi connectivity index (χ1v) is 9.87. The van der Waals surface area contributed by atoms with Crippen LogP contribution in [0.4, 0.5) is 5.69 Å². The van der Waals surface area contributed by atoms with E-state index in [-0.39, 0.29) is 5.91 Å². The van der Waals surface area contributed by atoms with Crippen LogP contribution in [0.2, 0.25) is 0 Å². The maximum Gasteiger partial charge on any atom is 0.263 e. The van der Waals surface area contributed by atoms with E-state index in [9.17, 15) is 4.79 Å². The largest absolute Gasteiger partial charge is 0.397 e. The third-order valence-corrected chi connectivity index (χ3v) is 5.80. The van der Waals surface area contributed by atoms with Crippen LogP contribution in [0, 0.1) is 0 Å². The summed E-state index contributed by atoms with van der Waals surface area (Å²) in [7, 11) is 0. The lowest BCUT2D eigenvalue weighted by Gasteiger charge is -2.26. The molecule has 1 fully saturated rings. The van der Waals surface area contributed by atoms with Crippen molar-refractivity contribution >= 4 is 33.1 Å². The SMILES string of the molecule is Nc1c(C(=O)NCCN2CCOCC2)sc2nc(-c3ccccc3)ccc12. The number of hydrogen-bond donors (Lipinski definition) is 2. The average Bonchev–Trinajstić information content (AvgIpc) is 3.05. The fourth-order valence-electron chi connectivity index (χ4n) is 3.17. The van der Waals surface area contributed by atoms with E-state index in [0.717, 1.165) is 54.3 Å². The number of morpholine rings is 1. The molecule has 1 amide bonds. The molecular weight excluding hydrogens is 360 g/mol. The first-order valence-electron chi connectivity index (χ1n) is 9.05. The van der Waals surface area contributed by atoms with Gasteiger partial charge in [-0.3, -0.25) is 9.69 Å². The van der Waals surface area contributed by atoms with Gasteiger partial charge in [0, 0.05) is 37.1 Å². The lowest BCUT2D eigenvalue weighted by atomic mass is 10.1. The van der Waals surface area contributed by atoms with E-state index >= 15 is 0 Å². The summed E-state index contributed by atoms with van der Waals surface area (Å²) >= 11 is 1.35. The van der Waals surface area contributed by atoms with Crippen LogP contribution >= 0.6 is 11.3 Å². The van der Waals surface area contributed by atoms with Crippen LogP contribution in [0.1, 0.15) is 9.67 Å². The van der Waals surface area contributed by atoms with Crippen molar-refractivity contribution in [3.05, 3.63) is 47.3 Å². The van der Waals surface area contributed by atoms with Gasteiger partial charge in [0.1, 0.15) is 9.71 Å². The van der Waals surface area contributed by atoms with Gasteiger partial charge in [-0.05, 0) is 12.1 Å². The number of pyridine rings is 1. The van der Waals surface area contributed by atoms with Crippen molar-refractivity contribution in [2.45, 2.75) is 0 Å². The Hall–Kier alpha value is -2.48. The molecule has 7 heteroatoms. The average molecular weight is 382 g/mol. The molecule has 140 valence electrons. The van der Waals surface area contributed by atoms with Gasteiger partial charge >= 0.3 is 0 Å². The van der Waals surface area contributed by atoms with Crippen molar-refractivity contribution in [2.24, 2.45) is 0 Å². The molecular formula is C20H22N4O2S. The van der Waals surface area contributed by atoms with E-state index in [2.05, 4.69) is 10.2 Å². The highest BCUT2D eigenvalue weighted by atomic mass is 32.1. The second-order valence-corrected chi connectivity index (χ2v) is 7.47. The first-order chi connectivity index (χ1) is 13.2. The molecule has 1 aliphatic rings. The zero-order valence-electron chi connectivity index (χ0n) is 15.0. The van der Waals surface area contributed by atoms with Crippen LogP contribution in [0.25, 0.3) is 21.5 Å². The summed E-state index contributed by atoms with van der Waals surface area (Å²) in [6.45, 7) is 4.74. The number of hydrogen-bond acceptors (Lipinski definition) is 6. The minimum absolute atomic E-state index is 0.134. The standard InChI is InChI=1S/C20H22N4O2S/c21-17-15-6-7-16(14-4-2-1-3-5-14)23-20(15)27-18(17)19(25)22-8-9-24-10-12-26-13-11-24/h1-7H,8-13,21H2,(H,22,25). The second-order valence-electron chi connectivity index (χ2n) is 6.47. The van der Waals surface area contributed by atoms with Gasteiger partial charge in [-0.1, -0.05) is 30.3 Å². The van der Waals surface area contributed by atoms with E-state index in [4.69, 9.17) is 15.5 Å². The van der Waals surface area contributed by atoms with Gasteiger partial charge in [-0.15, -0.1) is 11.3 Å². The molecule has 0 saturated carbocycles. The highest BCUT2D eigenvalue weighted by Crippen LogP contribution is 2.34. The molecule has 1 aliphatic heterocycles. The molecule has 4 rings (SSSR count). The quantitative estimate of drug-likeness (QED) is 0.709. The zero-order valence-corrected chi connectivity index (χ0v) is 15.8. The third kappa shape index (κ3) is 3.95. The summed E-state index contributed by atoms with van der Waals surface area (Å²) in [6.07, 6.45) is 0. The Morgan fingerprint density at radius 1 is 1.19 bits per heavy atom. The van der Waals surface area contributed by atoms with Crippen molar-refractivity contribution in [3.8, 4) is 11.3 Å². The van der Waals surface area contributed by atoms with Gasteiger partial charge in [-0.2, -0.15) is 0 Å². The Bertz CT molecular complexity index is 936. The highest BCUT2D eigenvalue weighted by Gasteiger charge is 2.18. The van der Waals surface area contributed by atoms with E-state index in [1.54, 1.807) is 0 Å². The number of nitrogens with one attached hydrogen (secondary N) is 1. The van der Waals surface area contributed by atoms with Gasteiger partial charge in [0.15, 0.2) is 0 Å². The predicted molar refractivity (Wildman–Crippen MR) is 109 cm³/mol. The second kappa shape index (κ2) is 8.04. The van der Waals surface area contributed by atoms with E-state index < -0.39 is 0 Å². The van der Waals surface area contributed by atoms with Crippen LogP contribution < -0.4 is 11.1 Å². The normalized spacial score (nSPS) is 15.1. The molecule has 1 saturated heterocycles. The van der Waals surface area contributed by atoms with Crippen LogP contribution in [-0.4, -0.2) is 55.2 Å². The molecule has 1 aromatic carbocycles. The topological polar surface area (TPSA) is 80.5 Å². The number of benzene rings is 1. The number of amides is 1. The summed E-state index contributed by atoms with van der Waals surface area (Å²) in [5.41, 5.74) is 8.65. The van der Waals surface area contributed by atoms with Gasteiger partial charge < -0.3 is 15.8 Å². The summed E-state index contributed by atoms with van der Waals surface area (Å²) in [6, 6.07) is 13.9. The Morgan fingerprint density at radius 2 is 1.96 bits per heavy atom. The number of nitrogen functional groups attached to an aromatic ring is 1. The van der Waals surface area contributed by atoms with Crippen LogP contribution in [0.15, 0.2) is 42.5 Å². The Balaban J connectivity index is 1.48. The molecule has 0 spiro atoms. The molecule has 0 atom stereocenters. The number of ether oxygens (including phenoxy) is 1. The number of carbonyl (C=O) groups is 1. The lowest BCUT2D eigenvalue weighted by Crippen LogP contribution is -2.41. The molecule has 3 heterocycles. The molecule has 2 aromatic heterocycles. The fraction of sp³-hybridized carbons (Fsp3) is 0.300. The summed E-state index contributed by atoms with van der Waals surface area (Å²) in [5.74, 6) is -0.134. The van der Waals surface area contributed by atoms with Gasteiger partial charge in [0.25, 0.3) is 5.91 Å². The molecule has 6 nitrogen and oxygen atoms in total. The number of rotatable bonds is 5. The molecule has 3 aromatic rings. The minimum atomic E-state index is -0.134. The fourth-order valence-corrected chi connectivity index (χ4v) is 4.18. The van der Waals surface area contributed by atoms with Gasteiger partial charge in [0.2, 0.25) is 0 Å². The van der Waals surface area contributed by atoms with Gasteiger partial charge in [-0.25, -0.2) is 4.98 Å². The zero-order chi connectivity index (χ0) is 18.6. The maximum atomic E-state index is 12.6. The maximum absolute atomic E-state index is 12.6. The minimum Gasteiger partial charge on any atom is -0.397 e. The van der Waals surface area contributed by atoms with Crippen molar-refractivity contribution in [3.63, 3.8) is 0 Å². The smallest absolute Gasteiger partial charge is 0.263 e. The first kappa shape index (κ1) is 17.9.